The van der Waals surface area contributed by atoms with Gasteiger partial charge in [-0.3, -0.25) is 0 Å². The number of alkyl halides is 3. The third-order valence-electron chi connectivity index (χ3n) is 3.16. The molecule has 1 aromatic heterocycles. The number of tetrazole rings is 1. The number of benzene rings is 1. The number of halogens is 3. The number of hydrogen-bond acceptors (Lipinski definition) is 5. The Labute approximate surface area is 124 Å². The molecule has 0 saturated carbocycles. The molecule has 0 amide bonds. The summed E-state index contributed by atoms with van der Waals surface area (Å²) in [6, 6.07) is 7.49. The Morgan fingerprint density at radius 3 is 2.86 bits per heavy atom. The Balaban J connectivity index is 1.76. The molecule has 0 aliphatic carbocycles. The third-order valence-corrected chi connectivity index (χ3v) is 3.16. The number of para-hydroxylation sites is 2. The molecule has 6 nitrogen and oxygen atoms in total. The van der Waals surface area contributed by atoms with Crippen molar-refractivity contribution < 1.29 is 17.9 Å². The minimum Gasteiger partial charge on any atom is -0.487 e. The molecule has 0 fully saturated rings. The summed E-state index contributed by atoms with van der Waals surface area (Å²) in [5.74, 6) is 0.983. The lowest BCUT2D eigenvalue weighted by molar-refractivity contribution is -0.145. The zero-order valence-corrected chi connectivity index (χ0v) is 11.8. The molecule has 2 aromatic rings. The topological polar surface area (TPSA) is 56.1 Å². The summed E-state index contributed by atoms with van der Waals surface area (Å²) < 4.78 is 42.6. The van der Waals surface area contributed by atoms with Crippen LogP contribution in [0.25, 0.3) is 0 Å². The molecule has 118 valence electrons. The molecule has 1 aromatic carbocycles. The lowest BCUT2D eigenvalue weighted by Gasteiger charge is -2.34. The van der Waals surface area contributed by atoms with Crippen LogP contribution in [0.1, 0.15) is 12.7 Å². The van der Waals surface area contributed by atoms with E-state index in [0.717, 1.165) is 11.4 Å². The molecule has 1 aliphatic heterocycles. The van der Waals surface area contributed by atoms with E-state index < -0.39 is 12.7 Å². The number of aromatic nitrogens is 4. The van der Waals surface area contributed by atoms with Gasteiger partial charge in [0.15, 0.2) is 12.4 Å². The predicted molar refractivity (Wildman–Crippen MR) is 71.5 cm³/mol. The summed E-state index contributed by atoms with van der Waals surface area (Å²) in [5, 5.41) is 10.9. The molecular weight excluding hydrogens is 299 g/mol. The van der Waals surface area contributed by atoms with Gasteiger partial charge in [0.25, 0.3) is 0 Å². The van der Waals surface area contributed by atoms with Crippen molar-refractivity contribution in [1.29, 1.82) is 0 Å². The van der Waals surface area contributed by atoms with Crippen molar-refractivity contribution in [2.75, 3.05) is 11.4 Å². The normalized spacial score (nSPS) is 18.0. The van der Waals surface area contributed by atoms with E-state index in [4.69, 9.17) is 4.74 Å². The van der Waals surface area contributed by atoms with Gasteiger partial charge < -0.3 is 9.64 Å². The van der Waals surface area contributed by atoms with Crippen molar-refractivity contribution >= 4 is 5.69 Å². The van der Waals surface area contributed by atoms with E-state index in [0.29, 0.717) is 11.3 Å². The zero-order chi connectivity index (χ0) is 15.7. The van der Waals surface area contributed by atoms with Gasteiger partial charge in [-0.05, 0) is 24.3 Å². The molecular formula is C13H14F3N5O. The summed E-state index contributed by atoms with van der Waals surface area (Å²) in [4.78, 5) is 2.53. The molecule has 9 heteroatoms. The first-order chi connectivity index (χ1) is 10.4. The van der Waals surface area contributed by atoms with Crippen LogP contribution in [0.15, 0.2) is 24.3 Å². The Bertz CT molecular complexity index is 657. The van der Waals surface area contributed by atoms with Crippen LogP contribution in [0.2, 0.25) is 0 Å². The van der Waals surface area contributed by atoms with Gasteiger partial charge in [0.1, 0.15) is 11.9 Å². The number of anilines is 1. The first kappa shape index (κ1) is 14.6. The first-order valence-electron chi connectivity index (χ1n) is 6.75. The maximum Gasteiger partial charge on any atom is 0.409 e. The highest BCUT2D eigenvalue weighted by atomic mass is 19.4. The van der Waals surface area contributed by atoms with Crippen LogP contribution in [0.4, 0.5) is 18.9 Å². The van der Waals surface area contributed by atoms with Crippen LogP contribution in [-0.4, -0.2) is 39.0 Å². The molecule has 0 unspecified atom stereocenters. The van der Waals surface area contributed by atoms with Crippen LogP contribution in [0, 0.1) is 0 Å². The molecule has 0 bridgehead atoms. The molecule has 1 atom stereocenters. The van der Waals surface area contributed by atoms with Gasteiger partial charge in [-0.2, -0.15) is 18.0 Å². The van der Waals surface area contributed by atoms with E-state index in [1.165, 1.54) is 0 Å². The lowest BCUT2D eigenvalue weighted by Crippen LogP contribution is -2.38. The summed E-state index contributed by atoms with van der Waals surface area (Å²) in [7, 11) is 0. The van der Waals surface area contributed by atoms with Gasteiger partial charge >= 0.3 is 6.18 Å². The Morgan fingerprint density at radius 2 is 2.09 bits per heavy atom. The monoisotopic (exact) mass is 313 g/mol. The van der Waals surface area contributed by atoms with Crippen LogP contribution in [0.3, 0.4) is 0 Å². The smallest absolute Gasteiger partial charge is 0.409 e. The quantitative estimate of drug-likeness (QED) is 0.868. The fourth-order valence-electron chi connectivity index (χ4n) is 2.37. The van der Waals surface area contributed by atoms with Crippen molar-refractivity contribution in [1.82, 2.24) is 20.2 Å². The van der Waals surface area contributed by atoms with Gasteiger partial charge in [-0.1, -0.05) is 12.1 Å². The molecule has 2 heterocycles. The number of rotatable bonds is 3. The molecule has 3 rings (SSSR count). The molecule has 0 spiro atoms. The number of ether oxygens (including phenoxy) is 1. The largest absolute Gasteiger partial charge is 0.487 e. The number of hydrogen-bond donors (Lipinski definition) is 0. The van der Waals surface area contributed by atoms with Crippen molar-refractivity contribution in [3.05, 3.63) is 30.1 Å². The zero-order valence-electron chi connectivity index (χ0n) is 11.8. The third kappa shape index (κ3) is 3.29. The highest BCUT2D eigenvalue weighted by molar-refractivity contribution is 5.59. The highest BCUT2D eigenvalue weighted by Crippen LogP contribution is 2.33. The molecule has 1 aliphatic rings. The highest BCUT2D eigenvalue weighted by Gasteiger charge is 2.30. The molecule has 0 saturated heterocycles. The van der Waals surface area contributed by atoms with Crippen LogP contribution in [0.5, 0.6) is 5.75 Å². The van der Waals surface area contributed by atoms with Crippen molar-refractivity contribution in [2.24, 2.45) is 0 Å². The van der Waals surface area contributed by atoms with E-state index >= 15 is 0 Å². The van der Waals surface area contributed by atoms with E-state index in [9.17, 15) is 13.2 Å². The lowest BCUT2D eigenvalue weighted by atomic mass is 10.2. The molecule has 0 radical (unpaired) electrons. The van der Waals surface area contributed by atoms with E-state index in [-0.39, 0.29) is 18.5 Å². The van der Waals surface area contributed by atoms with Crippen LogP contribution >= 0.6 is 0 Å². The summed E-state index contributed by atoms with van der Waals surface area (Å²) in [6.45, 7) is 1.57. The van der Waals surface area contributed by atoms with Gasteiger partial charge in [0.05, 0.1) is 18.8 Å². The standard InChI is InChI=1S/C13H14F3N5O/c1-9-6-20(10-4-2-3-5-11(10)22-9)7-12-17-19-21(18-12)8-13(14,15)16/h2-5,9H,6-8H2,1H3/t9-/m0/s1. The maximum absolute atomic E-state index is 12.3. The average molecular weight is 313 g/mol. The van der Waals surface area contributed by atoms with Gasteiger partial charge in [-0.15, -0.1) is 10.2 Å². The Kier molecular flexibility index (Phi) is 3.63. The second-order valence-electron chi connectivity index (χ2n) is 5.13. The predicted octanol–water partition coefficient (Wildman–Crippen LogP) is 2.02. The average Bonchev–Trinajstić information content (AvgIpc) is 2.83. The summed E-state index contributed by atoms with van der Waals surface area (Å²) >= 11 is 0. The Hall–Kier alpha value is -2.32. The van der Waals surface area contributed by atoms with E-state index in [1.807, 2.05) is 36.1 Å². The minimum atomic E-state index is -4.36. The minimum absolute atomic E-state index is 0.0277. The van der Waals surface area contributed by atoms with Gasteiger partial charge in [0, 0.05) is 0 Å². The second-order valence-corrected chi connectivity index (χ2v) is 5.13. The van der Waals surface area contributed by atoms with Crippen molar-refractivity contribution in [2.45, 2.75) is 32.3 Å². The maximum atomic E-state index is 12.3. The summed E-state index contributed by atoms with van der Waals surface area (Å²) in [5.41, 5.74) is 0.868. The second kappa shape index (κ2) is 5.47. The van der Waals surface area contributed by atoms with Gasteiger partial charge in [0.2, 0.25) is 0 Å². The van der Waals surface area contributed by atoms with E-state index in [2.05, 4.69) is 15.4 Å². The van der Waals surface area contributed by atoms with Crippen molar-refractivity contribution in [3.8, 4) is 5.75 Å². The number of nitrogens with zero attached hydrogens (tertiary/aromatic N) is 5. The molecule has 22 heavy (non-hydrogen) atoms. The Morgan fingerprint density at radius 1 is 1.32 bits per heavy atom. The van der Waals surface area contributed by atoms with Gasteiger partial charge in [-0.25, -0.2) is 0 Å². The fraction of sp³-hybridized carbons (Fsp3) is 0.462. The summed E-state index contributed by atoms with van der Waals surface area (Å²) in [6.07, 6.45) is -4.39. The van der Waals surface area contributed by atoms with Crippen LogP contribution < -0.4 is 9.64 Å². The van der Waals surface area contributed by atoms with E-state index in [1.54, 1.807) is 0 Å². The fourth-order valence-corrected chi connectivity index (χ4v) is 2.37. The number of fused-ring (bicyclic) bond motifs is 1. The van der Waals surface area contributed by atoms with Crippen LogP contribution in [-0.2, 0) is 13.1 Å². The molecule has 0 N–H and O–H groups in total. The SMILES string of the molecule is C[C@H]1CN(Cc2nnn(CC(F)(F)F)n2)c2ccccc2O1. The van der Waals surface area contributed by atoms with Crippen molar-refractivity contribution in [3.63, 3.8) is 0 Å². The first-order valence-corrected chi connectivity index (χ1v) is 6.75.